The van der Waals surface area contributed by atoms with Crippen LogP contribution in [0.3, 0.4) is 0 Å². The molecule has 4 aliphatic rings. The van der Waals surface area contributed by atoms with E-state index in [0.717, 1.165) is 41.9 Å². The molecule has 32 heavy (non-hydrogen) atoms. The highest BCUT2D eigenvalue weighted by Gasteiger charge is 2.43. The largest absolute Gasteiger partial charge is 0.387 e. The fraction of sp³-hybridized carbons (Fsp3) is 0.321. The zero-order valence-corrected chi connectivity index (χ0v) is 18.3. The second kappa shape index (κ2) is 8.53. The third-order valence-electron chi connectivity index (χ3n) is 7.45. The van der Waals surface area contributed by atoms with Crippen LogP contribution in [0.1, 0.15) is 34.3 Å². The molecule has 164 valence electrons. The van der Waals surface area contributed by atoms with Crippen LogP contribution in [0.2, 0.25) is 0 Å². The first kappa shape index (κ1) is 20.9. The maximum Gasteiger partial charge on any atom is 0.188 e. The molecule has 0 saturated carbocycles. The minimum Gasteiger partial charge on any atom is -0.387 e. The van der Waals surface area contributed by atoms with Gasteiger partial charge in [0.05, 0.1) is 6.10 Å². The van der Waals surface area contributed by atoms with Crippen LogP contribution in [0.5, 0.6) is 0 Å². The number of ketones is 1. The Kier molecular flexibility index (Phi) is 5.58. The molecule has 6 atom stereocenters. The van der Waals surface area contributed by atoms with Crippen molar-refractivity contribution >= 4 is 23.1 Å². The lowest BCUT2D eigenvalue weighted by Crippen LogP contribution is -2.57. The van der Waals surface area contributed by atoms with Crippen molar-refractivity contribution in [2.75, 3.05) is 18.4 Å². The Morgan fingerprint density at radius 2 is 1.94 bits per heavy atom. The SMILES string of the molecule is C=Cc1ccc(C(=O)C2C=C([C@@H](O)[C@@H]3C[C@@H]4CCN3C[C@H]4C=C)c3ccccc3N2)cc1. The molecule has 2 N–H and O–H groups in total. The van der Waals surface area contributed by atoms with Crippen molar-refractivity contribution in [3.8, 4) is 0 Å². The van der Waals surface area contributed by atoms with Crippen LogP contribution in [-0.4, -0.2) is 47.1 Å². The summed E-state index contributed by atoms with van der Waals surface area (Å²) in [6.45, 7) is 9.76. The van der Waals surface area contributed by atoms with E-state index < -0.39 is 12.1 Å². The molecule has 2 unspecified atom stereocenters. The van der Waals surface area contributed by atoms with E-state index >= 15 is 0 Å². The zero-order valence-electron chi connectivity index (χ0n) is 18.3. The number of piperidine rings is 3. The Morgan fingerprint density at radius 3 is 2.62 bits per heavy atom. The predicted molar refractivity (Wildman–Crippen MR) is 130 cm³/mol. The Balaban J connectivity index is 1.46. The summed E-state index contributed by atoms with van der Waals surface area (Å²) in [7, 11) is 0. The van der Waals surface area contributed by atoms with Gasteiger partial charge < -0.3 is 10.4 Å². The van der Waals surface area contributed by atoms with E-state index in [0.29, 0.717) is 17.4 Å². The quantitative estimate of drug-likeness (QED) is 0.522. The van der Waals surface area contributed by atoms with Crippen LogP contribution in [0.15, 0.2) is 73.8 Å². The molecule has 0 spiro atoms. The number of Topliss-reactive ketones (excluding diaryl/α,β-unsaturated/α-hetero) is 1. The van der Waals surface area contributed by atoms with Gasteiger partial charge in [-0.2, -0.15) is 0 Å². The summed E-state index contributed by atoms with van der Waals surface area (Å²) >= 11 is 0. The zero-order chi connectivity index (χ0) is 22.2. The monoisotopic (exact) mass is 426 g/mol. The molecule has 3 saturated heterocycles. The molecular weight excluding hydrogens is 396 g/mol. The number of anilines is 1. The number of aliphatic hydroxyl groups excluding tert-OH is 1. The van der Waals surface area contributed by atoms with Gasteiger partial charge in [-0.3, -0.25) is 9.69 Å². The molecular formula is C28H30N2O2. The Labute approximate surface area is 190 Å². The van der Waals surface area contributed by atoms with E-state index in [1.165, 1.54) is 6.42 Å². The average molecular weight is 427 g/mol. The molecule has 0 aromatic heterocycles. The van der Waals surface area contributed by atoms with Gasteiger partial charge >= 0.3 is 0 Å². The van der Waals surface area contributed by atoms with E-state index in [9.17, 15) is 9.90 Å². The van der Waals surface area contributed by atoms with E-state index in [-0.39, 0.29) is 11.8 Å². The van der Waals surface area contributed by atoms with E-state index in [4.69, 9.17) is 0 Å². The fourth-order valence-corrected chi connectivity index (χ4v) is 5.61. The van der Waals surface area contributed by atoms with Crippen LogP contribution >= 0.6 is 0 Å². The minimum absolute atomic E-state index is 0.00277. The van der Waals surface area contributed by atoms with Crippen molar-refractivity contribution in [3.63, 3.8) is 0 Å². The number of nitrogens with one attached hydrogen (secondary N) is 1. The number of hydrogen-bond donors (Lipinski definition) is 2. The molecule has 0 radical (unpaired) electrons. The number of carbonyl (C=O) groups is 1. The highest BCUT2D eigenvalue weighted by atomic mass is 16.3. The number of benzene rings is 2. The number of hydrogen-bond acceptors (Lipinski definition) is 4. The number of para-hydroxylation sites is 1. The number of aliphatic hydroxyl groups is 1. The standard InChI is InChI=1S/C28H30N2O2/c1-3-18-9-11-20(12-10-18)27(31)25-16-23(22-7-5-6-8-24(22)29-25)28(32)26-15-21-13-14-30(26)17-19(21)4-2/h3-12,16,19,21,25-26,28-29,32H,1-2,13-15,17H2/t19-,21+,25?,26+,28-/m1/s1. The fourth-order valence-electron chi connectivity index (χ4n) is 5.61. The average Bonchev–Trinajstić information content (AvgIpc) is 2.87. The number of nitrogens with zero attached hydrogens (tertiary/aromatic N) is 1. The van der Waals surface area contributed by atoms with Crippen LogP contribution in [0.4, 0.5) is 5.69 Å². The molecule has 6 rings (SSSR count). The molecule has 2 bridgehead atoms. The van der Waals surface area contributed by atoms with Crippen LogP contribution in [0.25, 0.3) is 11.6 Å². The highest BCUT2D eigenvalue weighted by Crippen LogP contribution is 2.42. The van der Waals surface area contributed by atoms with Gasteiger partial charge in [0, 0.05) is 29.4 Å². The smallest absolute Gasteiger partial charge is 0.188 e. The predicted octanol–water partition coefficient (Wildman–Crippen LogP) is 4.65. The summed E-state index contributed by atoms with van der Waals surface area (Å²) in [5.74, 6) is 1.09. The first-order chi connectivity index (χ1) is 15.6. The van der Waals surface area contributed by atoms with Crippen molar-refractivity contribution in [3.05, 3.63) is 90.5 Å². The van der Waals surface area contributed by atoms with Crippen molar-refractivity contribution in [2.24, 2.45) is 11.8 Å². The minimum atomic E-state index is -0.634. The molecule has 4 nitrogen and oxygen atoms in total. The lowest BCUT2D eigenvalue weighted by molar-refractivity contribution is -0.0254. The first-order valence-corrected chi connectivity index (χ1v) is 11.5. The summed E-state index contributed by atoms with van der Waals surface area (Å²) in [6.07, 6.45) is 7.27. The highest BCUT2D eigenvalue weighted by molar-refractivity contribution is 6.05. The van der Waals surface area contributed by atoms with Gasteiger partial charge in [0.25, 0.3) is 0 Å². The van der Waals surface area contributed by atoms with E-state index in [1.54, 1.807) is 6.08 Å². The van der Waals surface area contributed by atoms with Gasteiger partial charge in [-0.15, -0.1) is 6.58 Å². The van der Waals surface area contributed by atoms with Crippen LogP contribution in [0, 0.1) is 11.8 Å². The van der Waals surface area contributed by atoms with Crippen molar-refractivity contribution in [1.82, 2.24) is 4.90 Å². The molecule has 4 aliphatic heterocycles. The van der Waals surface area contributed by atoms with Crippen molar-refractivity contribution in [1.29, 1.82) is 0 Å². The van der Waals surface area contributed by atoms with Gasteiger partial charge in [-0.25, -0.2) is 0 Å². The Morgan fingerprint density at radius 1 is 1.16 bits per heavy atom. The van der Waals surface area contributed by atoms with Gasteiger partial charge in [0.2, 0.25) is 0 Å². The number of carbonyl (C=O) groups excluding carboxylic acids is 1. The molecule has 4 heteroatoms. The van der Waals surface area contributed by atoms with Gasteiger partial charge in [0.15, 0.2) is 5.78 Å². The topological polar surface area (TPSA) is 52.6 Å². The molecule has 0 amide bonds. The number of fused-ring (bicyclic) bond motifs is 4. The Hall–Kier alpha value is -2.95. The third kappa shape index (κ3) is 3.64. The summed E-state index contributed by atoms with van der Waals surface area (Å²) in [5.41, 5.74) is 4.35. The molecule has 2 aromatic rings. The summed E-state index contributed by atoms with van der Waals surface area (Å²) in [6, 6.07) is 15.0. The molecule has 3 fully saturated rings. The van der Waals surface area contributed by atoms with Crippen molar-refractivity contribution in [2.45, 2.75) is 31.0 Å². The van der Waals surface area contributed by atoms with Crippen molar-refractivity contribution < 1.29 is 9.90 Å². The van der Waals surface area contributed by atoms with Gasteiger partial charge in [-0.05, 0) is 54.5 Å². The summed E-state index contributed by atoms with van der Waals surface area (Å²) in [4.78, 5) is 15.7. The first-order valence-electron chi connectivity index (χ1n) is 11.5. The Bertz CT molecular complexity index is 1070. The maximum absolute atomic E-state index is 13.3. The summed E-state index contributed by atoms with van der Waals surface area (Å²) in [5, 5.41) is 15.0. The number of rotatable bonds is 6. The van der Waals surface area contributed by atoms with E-state index in [2.05, 4.69) is 29.5 Å². The normalized spacial score (nSPS) is 29.3. The van der Waals surface area contributed by atoms with Gasteiger partial charge in [0.1, 0.15) is 6.04 Å². The lowest BCUT2D eigenvalue weighted by Gasteiger charge is -2.51. The van der Waals surface area contributed by atoms with Crippen LogP contribution in [-0.2, 0) is 0 Å². The second-order valence-electron chi connectivity index (χ2n) is 9.17. The summed E-state index contributed by atoms with van der Waals surface area (Å²) < 4.78 is 0. The molecule has 4 heterocycles. The lowest BCUT2D eigenvalue weighted by atomic mass is 9.73. The maximum atomic E-state index is 13.3. The second-order valence-corrected chi connectivity index (χ2v) is 9.17. The third-order valence-corrected chi connectivity index (χ3v) is 7.45. The van der Waals surface area contributed by atoms with Crippen LogP contribution < -0.4 is 5.32 Å². The molecule has 0 aliphatic carbocycles. The molecule has 2 aromatic carbocycles. The van der Waals surface area contributed by atoms with Gasteiger partial charge in [-0.1, -0.05) is 61.2 Å². The van der Waals surface area contributed by atoms with E-state index in [1.807, 2.05) is 54.6 Å².